The van der Waals surface area contributed by atoms with E-state index in [0.717, 1.165) is 30.4 Å². The van der Waals surface area contributed by atoms with Crippen molar-refractivity contribution in [3.8, 4) is 11.5 Å². The Kier molecular flexibility index (Phi) is 11.5. The Morgan fingerprint density at radius 3 is 2.55 bits per heavy atom. The third kappa shape index (κ3) is 8.73. The first-order chi connectivity index (χ1) is 25.3. The SMILES string of the molecule is C=CCCCCC[C@H](NC(=O)OC(C)(C)C)C(=O)C1=CC[C@H](OC(=O)N2Cc3ccc4c(c3C2)OCCO4)C[C@H]1C(=O)N[C@]1(C2OC(C)O2)C[C@H]1C=C. The van der Waals surface area contributed by atoms with Crippen LogP contribution in [-0.2, 0) is 41.6 Å². The number of nitrogens with zero attached hydrogens (tertiary/aromatic N) is 1. The van der Waals surface area contributed by atoms with Crippen LogP contribution in [0.4, 0.5) is 9.59 Å². The van der Waals surface area contributed by atoms with Gasteiger partial charge < -0.3 is 39.1 Å². The zero-order valence-electron chi connectivity index (χ0n) is 31.3. The van der Waals surface area contributed by atoms with E-state index in [1.54, 1.807) is 44.7 Å². The van der Waals surface area contributed by atoms with Gasteiger partial charge in [0.2, 0.25) is 5.91 Å². The van der Waals surface area contributed by atoms with Gasteiger partial charge in [-0.25, -0.2) is 9.59 Å². The van der Waals surface area contributed by atoms with E-state index in [1.807, 2.05) is 18.2 Å². The van der Waals surface area contributed by atoms with Gasteiger partial charge in [0.15, 0.2) is 29.9 Å². The minimum atomic E-state index is -0.980. The second-order valence-electron chi connectivity index (χ2n) is 15.5. The molecule has 5 aliphatic rings. The Labute approximate surface area is 311 Å². The molecule has 3 heterocycles. The van der Waals surface area contributed by atoms with Gasteiger partial charge in [0.05, 0.1) is 24.0 Å². The third-order valence-electron chi connectivity index (χ3n) is 10.4. The van der Waals surface area contributed by atoms with Crippen molar-refractivity contribution >= 4 is 23.9 Å². The summed E-state index contributed by atoms with van der Waals surface area (Å²) in [6, 6.07) is 2.86. The van der Waals surface area contributed by atoms with E-state index in [4.69, 9.17) is 28.4 Å². The Bertz CT molecular complexity index is 1630. The molecule has 3 aliphatic heterocycles. The number of Topliss-reactive ketones (excluding diaryl/α,β-unsaturated/α-hetero) is 1. The number of hydrogen-bond acceptors (Lipinski definition) is 10. The maximum Gasteiger partial charge on any atom is 0.410 e. The van der Waals surface area contributed by atoms with E-state index < -0.39 is 59.9 Å². The number of nitrogens with one attached hydrogen (secondary N) is 2. The van der Waals surface area contributed by atoms with Gasteiger partial charge in [0, 0.05) is 36.4 Å². The summed E-state index contributed by atoms with van der Waals surface area (Å²) in [5.41, 5.74) is 0.505. The number of ether oxygens (including phenoxy) is 6. The van der Waals surface area contributed by atoms with Gasteiger partial charge in [-0.15, -0.1) is 13.2 Å². The largest absolute Gasteiger partial charge is 0.486 e. The Balaban J connectivity index is 1.21. The fourth-order valence-electron chi connectivity index (χ4n) is 7.56. The van der Waals surface area contributed by atoms with Crippen LogP contribution in [0.5, 0.6) is 11.5 Å². The van der Waals surface area contributed by atoms with Crippen LogP contribution in [0, 0.1) is 11.8 Å². The third-order valence-corrected chi connectivity index (χ3v) is 10.4. The number of amides is 3. The lowest BCUT2D eigenvalue weighted by Gasteiger charge is -2.41. The average molecular weight is 736 g/mol. The van der Waals surface area contributed by atoms with Crippen LogP contribution < -0.4 is 20.1 Å². The highest BCUT2D eigenvalue weighted by molar-refractivity contribution is 6.05. The lowest BCUT2D eigenvalue weighted by molar-refractivity contribution is -0.388. The van der Waals surface area contributed by atoms with Crippen molar-refractivity contribution in [1.29, 1.82) is 0 Å². The Morgan fingerprint density at radius 2 is 1.85 bits per heavy atom. The molecule has 0 bridgehead atoms. The molecular formula is C40H53N3O10. The lowest BCUT2D eigenvalue weighted by Crippen LogP contribution is -2.58. The van der Waals surface area contributed by atoms with Crippen LogP contribution in [0.2, 0.25) is 0 Å². The molecule has 2 N–H and O–H groups in total. The number of carbonyl (C=O) groups is 4. The molecule has 53 heavy (non-hydrogen) atoms. The highest BCUT2D eigenvalue weighted by Gasteiger charge is 2.64. The van der Waals surface area contributed by atoms with Gasteiger partial charge in [0.1, 0.15) is 24.9 Å². The van der Waals surface area contributed by atoms with Crippen molar-refractivity contribution in [3.05, 3.63) is 60.2 Å². The Hall–Kier alpha value is -4.36. The maximum absolute atomic E-state index is 14.4. The van der Waals surface area contributed by atoms with Crippen LogP contribution in [-0.4, -0.2) is 77.9 Å². The fraction of sp³-hybridized carbons (Fsp3) is 0.600. The van der Waals surface area contributed by atoms with E-state index >= 15 is 0 Å². The van der Waals surface area contributed by atoms with Gasteiger partial charge in [-0.2, -0.15) is 0 Å². The van der Waals surface area contributed by atoms with Crippen molar-refractivity contribution in [3.63, 3.8) is 0 Å². The second kappa shape index (κ2) is 15.9. The summed E-state index contributed by atoms with van der Waals surface area (Å²) in [7, 11) is 0. The van der Waals surface area contributed by atoms with Crippen LogP contribution >= 0.6 is 0 Å². The quantitative estimate of drug-likeness (QED) is 0.172. The van der Waals surface area contributed by atoms with Gasteiger partial charge >= 0.3 is 12.2 Å². The van der Waals surface area contributed by atoms with E-state index in [1.165, 1.54) is 0 Å². The molecule has 5 atom stereocenters. The predicted molar refractivity (Wildman–Crippen MR) is 194 cm³/mol. The molecule has 0 unspecified atom stereocenters. The zero-order valence-corrected chi connectivity index (χ0v) is 31.3. The number of benzene rings is 1. The van der Waals surface area contributed by atoms with Gasteiger partial charge in [0.25, 0.3) is 0 Å². The number of rotatable bonds is 14. The summed E-state index contributed by atoms with van der Waals surface area (Å²) < 4.78 is 34.8. The zero-order chi connectivity index (χ0) is 37.9. The summed E-state index contributed by atoms with van der Waals surface area (Å²) in [5.74, 6) is -0.545. The summed E-state index contributed by atoms with van der Waals surface area (Å²) in [4.78, 5) is 56.9. The number of fused-ring (bicyclic) bond motifs is 3. The maximum atomic E-state index is 14.4. The fourth-order valence-corrected chi connectivity index (χ4v) is 7.56. The van der Waals surface area contributed by atoms with Crippen molar-refractivity contribution in [1.82, 2.24) is 15.5 Å². The monoisotopic (exact) mass is 735 g/mol. The summed E-state index contributed by atoms with van der Waals surface area (Å²) in [6.45, 7) is 16.3. The molecule has 1 saturated carbocycles. The molecule has 1 saturated heterocycles. The van der Waals surface area contributed by atoms with Crippen LogP contribution in [0.25, 0.3) is 0 Å². The minimum absolute atomic E-state index is 0.0679. The molecule has 0 radical (unpaired) electrons. The lowest BCUT2D eigenvalue weighted by atomic mass is 9.80. The molecule has 2 fully saturated rings. The van der Waals surface area contributed by atoms with E-state index in [-0.39, 0.29) is 30.1 Å². The topological polar surface area (TPSA) is 151 Å². The first kappa shape index (κ1) is 38.4. The van der Waals surface area contributed by atoms with Crippen molar-refractivity contribution in [2.24, 2.45) is 11.8 Å². The van der Waals surface area contributed by atoms with E-state index in [2.05, 4.69) is 23.8 Å². The minimum Gasteiger partial charge on any atom is -0.486 e. The smallest absolute Gasteiger partial charge is 0.410 e. The molecule has 6 rings (SSSR count). The molecule has 3 amide bonds. The normalized spacial score (nSPS) is 27.6. The summed E-state index contributed by atoms with van der Waals surface area (Å²) in [5, 5.41) is 5.92. The Morgan fingerprint density at radius 1 is 1.08 bits per heavy atom. The van der Waals surface area contributed by atoms with Crippen LogP contribution in [0.1, 0.15) is 90.2 Å². The molecule has 0 aromatic heterocycles. The molecule has 288 valence electrons. The van der Waals surface area contributed by atoms with E-state index in [0.29, 0.717) is 57.1 Å². The molecule has 0 spiro atoms. The average Bonchev–Trinajstić information content (AvgIpc) is 3.62. The highest BCUT2D eigenvalue weighted by atomic mass is 16.9. The molecule has 2 aliphatic carbocycles. The first-order valence-electron chi connectivity index (χ1n) is 18.8. The first-order valence-corrected chi connectivity index (χ1v) is 18.8. The number of carbonyl (C=O) groups excluding carboxylic acids is 4. The molecule has 13 heteroatoms. The number of alkyl carbamates (subject to hydrolysis) is 1. The van der Waals surface area contributed by atoms with Crippen LogP contribution in [0.15, 0.2) is 49.1 Å². The summed E-state index contributed by atoms with van der Waals surface area (Å²) >= 11 is 0. The van der Waals surface area contributed by atoms with Crippen LogP contribution in [0.3, 0.4) is 0 Å². The van der Waals surface area contributed by atoms with Crippen molar-refractivity contribution < 1.29 is 47.6 Å². The number of unbranched alkanes of at least 4 members (excludes halogenated alkanes) is 3. The predicted octanol–water partition coefficient (Wildman–Crippen LogP) is 5.99. The highest BCUT2D eigenvalue weighted by Crippen LogP contribution is 2.52. The van der Waals surface area contributed by atoms with Crippen molar-refractivity contribution in [2.45, 2.75) is 128 Å². The van der Waals surface area contributed by atoms with Crippen molar-refractivity contribution in [2.75, 3.05) is 13.2 Å². The number of allylic oxidation sites excluding steroid dienone is 1. The van der Waals surface area contributed by atoms with Gasteiger partial charge in [-0.05, 0) is 65.0 Å². The number of hydrogen-bond donors (Lipinski definition) is 2. The molecule has 13 nitrogen and oxygen atoms in total. The summed E-state index contributed by atoms with van der Waals surface area (Å²) in [6.07, 6.45) is 6.77. The molecular weight excluding hydrogens is 682 g/mol. The van der Waals surface area contributed by atoms with Gasteiger partial charge in [-0.3, -0.25) is 14.5 Å². The number of ketones is 1. The van der Waals surface area contributed by atoms with E-state index in [9.17, 15) is 19.2 Å². The standard InChI is InChI=1S/C40H53N3O10/c1-7-9-10-11-12-13-31(41-37(46)53-39(4,5)6)33(44)28-16-15-27(20-29(28)35(45)42-40(21-26(40)8-2)36-50-24(3)51-36)52-38(47)43-22-25-14-17-32-34(30(25)23-43)49-19-18-48-32/h7-8,14,16-17,24,26-27,29,31,36H,1-2,9-13,15,18-23H2,3-6H3,(H,41,46)(H,42,45)/t24?,26-,27+,29-,31+,36?,40-/m1/s1. The van der Waals surface area contributed by atoms with Gasteiger partial charge in [-0.1, -0.05) is 37.1 Å². The molecule has 1 aromatic rings. The molecule has 1 aromatic carbocycles. The second-order valence-corrected chi connectivity index (χ2v) is 15.5.